The second kappa shape index (κ2) is 6.46. The molecule has 0 bridgehead atoms. The van der Waals surface area contributed by atoms with Crippen molar-refractivity contribution in [1.82, 2.24) is 4.31 Å². The van der Waals surface area contributed by atoms with Crippen molar-refractivity contribution >= 4 is 10.0 Å². The summed E-state index contributed by atoms with van der Waals surface area (Å²) in [6, 6.07) is 3.27. The molecule has 1 aromatic rings. The minimum absolute atomic E-state index is 0.179. The van der Waals surface area contributed by atoms with Crippen LogP contribution in [0.15, 0.2) is 17.0 Å². The Kier molecular flexibility index (Phi) is 5.02. The maximum atomic E-state index is 13.0. The number of sulfonamides is 1. The molecule has 2 rings (SSSR count). The minimum Gasteiger partial charge on any atom is -0.496 e. The van der Waals surface area contributed by atoms with Crippen LogP contribution in [0, 0.1) is 18.8 Å². The second-order valence-electron chi connectivity index (χ2n) is 6.24. The zero-order valence-electron chi connectivity index (χ0n) is 13.9. The lowest BCUT2D eigenvalue weighted by molar-refractivity contribution is 0.222. The molecule has 5 nitrogen and oxygen atoms in total. The second-order valence-corrected chi connectivity index (χ2v) is 8.15. The van der Waals surface area contributed by atoms with Gasteiger partial charge in [-0.2, -0.15) is 4.31 Å². The lowest BCUT2D eigenvalue weighted by atomic mass is 9.94. The first-order valence-electron chi connectivity index (χ1n) is 7.52. The van der Waals surface area contributed by atoms with Crippen molar-refractivity contribution in [2.45, 2.75) is 32.1 Å². The summed E-state index contributed by atoms with van der Waals surface area (Å²) in [7, 11) is -0.566. The van der Waals surface area contributed by atoms with E-state index in [0.717, 1.165) is 12.0 Å². The van der Waals surface area contributed by atoms with E-state index in [1.165, 1.54) is 14.2 Å². The van der Waals surface area contributed by atoms with Crippen molar-refractivity contribution in [3.05, 3.63) is 17.7 Å². The van der Waals surface area contributed by atoms with Gasteiger partial charge in [0.05, 0.1) is 14.2 Å². The number of hydrogen-bond donors (Lipinski definition) is 0. The van der Waals surface area contributed by atoms with Crippen LogP contribution >= 0.6 is 0 Å². The summed E-state index contributed by atoms with van der Waals surface area (Å²) in [6.45, 7) is 7.14. The standard InChI is InChI=1S/C16H25NO4S/c1-11-6-12(2)10-17(9-11)22(18,19)16-8-14(20-4)13(3)7-15(16)21-5/h7-8,11-12H,6,9-10H2,1-5H3. The Morgan fingerprint density at radius 1 is 1.05 bits per heavy atom. The van der Waals surface area contributed by atoms with Crippen LogP contribution in [0.3, 0.4) is 0 Å². The molecule has 6 heteroatoms. The summed E-state index contributed by atoms with van der Waals surface area (Å²) in [5.41, 5.74) is 0.846. The zero-order valence-corrected chi connectivity index (χ0v) is 14.7. The highest BCUT2D eigenvalue weighted by molar-refractivity contribution is 7.89. The van der Waals surface area contributed by atoms with E-state index in [-0.39, 0.29) is 4.90 Å². The molecule has 22 heavy (non-hydrogen) atoms. The van der Waals surface area contributed by atoms with Crippen LogP contribution in [0.1, 0.15) is 25.8 Å². The monoisotopic (exact) mass is 327 g/mol. The van der Waals surface area contributed by atoms with Gasteiger partial charge in [0.2, 0.25) is 10.0 Å². The molecule has 1 aromatic carbocycles. The number of aryl methyl sites for hydroxylation is 1. The average molecular weight is 327 g/mol. The number of hydrogen-bond acceptors (Lipinski definition) is 4. The van der Waals surface area contributed by atoms with E-state index in [2.05, 4.69) is 13.8 Å². The predicted octanol–water partition coefficient (Wildman–Crippen LogP) is 2.68. The van der Waals surface area contributed by atoms with Crippen LogP contribution in [-0.2, 0) is 10.0 Å². The summed E-state index contributed by atoms with van der Waals surface area (Å²) in [4.78, 5) is 0.179. The molecule has 0 saturated carbocycles. The van der Waals surface area contributed by atoms with Gasteiger partial charge in [0.15, 0.2) is 0 Å². The van der Waals surface area contributed by atoms with E-state index >= 15 is 0 Å². The van der Waals surface area contributed by atoms with Gasteiger partial charge in [-0.25, -0.2) is 8.42 Å². The van der Waals surface area contributed by atoms with Crippen LogP contribution in [-0.4, -0.2) is 40.0 Å². The Bertz CT molecular complexity index is 632. The highest BCUT2D eigenvalue weighted by Gasteiger charge is 2.34. The lowest BCUT2D eigenvalue weighted by Gasteiger charge is -2.34. The van der Waals surface area contributed by atoms with Gasteiger partial charge in [-0.15, -0.1) is 0 Å². The molecule has 1 aliphatic heterocycles. The summed E-state index contributed by atoms with van der Waals surface area (Å²) in [5, 5.41) is 0. The van der Waals surface area contributed by atoms with Gasteiger partial charge in [-0.3, -0.25) is 0 Å². The van der Waals surface area contributed by atoms with Gasteiger partial charge in [0.1, 0.15) is 16.4 Å². The fraction of sp³-hybridized carbons (Fsp3) is 0.625. The Balaban J connectivity index is 2.48. The number of benzene rings is 1. The van der Waals surface area contributed by atoms with Crippen molar-refractivity contribution in [3.8, 4) is 11.5 Å². The fourth-order valence-electron chi connectivity index (χ4n) is 3.17. The van der Waals surface area contributed by atoms with Crippen molar-refractivity contribution in [2.24, 2.45) is 11.8 Å². The number of methoxy groups -OCH3 is 2. The first-order valence-corrected chi connectivity index (χ1v) is 8.96. The van der Waals surface area contributed by atoms with Crippen molar-refractivity contribution in [1.29, 1.82) is 0 Å². The van der Waals surface area contributed by atoms with E-state index in [0.29, 0.717) is 36.4 Å². The van der Waals surface area contributed by atoms with E-state index in [1.54, 1.807) is 16.4 Å². The van der Waals surface area contributed by atoms with Gasteiger partial charge >= 0.3 is 0 Å². The number of nitrogens with zero attached hydrogens (tertiary/aromatic N) is 1. The molecular weight excluding hydrogens is 302 g/mol. The minimum atomic E-state index is -3.59. The van der Waals surface area contributed by atoms with Crippen molar-refractivity contribution < 1.29 is 17.9 Å². The first-order chi connectivity index (χ1) is 10.3. The third kappa shape index (κ3) is 3.22. The van der Waals surface area contributed by atoms with Crippen LogP contribution < -0.4 is 9.47 Å². The molecule has 2 unspecified atom stereocenters. The molecule has 124 valence electrons. The molecule has 0 aromatic heterocycles. The number of rotatable bonds is 4. The molecule has 1 saturated heterocycles. The normalized spacial score (nSPS) is 23.3. The Hall–Kier alpha value is -1.27. The topological polar surface area (TPSA) is 55.8 Å². The molecule has 1 fully saturated rings. The molecular formula is C16H25NO4S. The van der Waals surface area contributed by atoms with Crippen LogP contribution in [0.2, 0.25) is 0 Å². The molecule has 0 amide bonds. The fourth-order valence-corrected chi connectivity index (χ4v) is 5.00. The highest BCUT2D eigenvalue weighted by atomic mass is 32.2. The molecule has 1 aliphatic rings. The third-order valence-electron chi connectivity index (χ3n) is 4.13. The maximum absolute atomic E-state index is 13.0. The van der Waals surface area contributed by atoms with E-state index in [4.69, 9.17) is 9.47 Å². The summed E-state index contributed by atoms with van der Waals surface area (Å²) in [6.07, 6.45) is 1.06. The van der Waals surface area contributed by atoms with Gasteiger partial charge < -0.3 is 9.47 Å². The largest absolute Gasteiger partial charge is 0.496 e. The summed E-state index contributed by atoms with van der Waals surface area (Å²) in [5.74, 6) is 1.63. The Morgan fingerprint density at radius 2 is 1.59 bits per heavy atom. The SMILES string of the molecule is COc1cc(S(=O)(=O)N2CC(C)CC(C)C2)c(OC)cc1C. The van der Waals surface area contributed by atoms with E-state index in [9.17, 15) is 8.42 Å². The van der Waals surface area contributed by atoms with Gasteiger partial charge in [-0.05, 0) is 36.8 Å². The molecule has 2 atom stereocenters. The lowest BCUT2D eigenvalue weighted by Crippen LogP contribution is -2.42. The quantitative estimate of drug-likeness (QED) is 0.853. The number of piperidine rings is 1. The maximum Gasteiger partial charge on any atom is 0.246 e. The van der Waals surface area contributed by atoms with Gasteiger partial charge in [0, 0.05) is 19.2 Å². The predicted molar refractivity (Wildman–Crippen MR) is 86.0 cm³/mol. The average Bonchev–Trinajstić information content (AvgIpc) is 2.45. The van der Waals surface area contributed by atoms with Gasteiger partial charge in [0.25, 0.3) is 0 Å². The Labute approximate surface area is 133 Å². The third-order valence-corrected chi connectivity index (χ3v) is 5.99. The van der Waals surface area contributed by atoms with Crippen LogP contribution in [0.25, 0.3) is 0 Å². The molecule has 1 heterocycles. The summed E-state index contributed by atoms with van der Waals surface area (Å²) < 4.78 is 38.2. The molecule has 0 radical (unpaired) electrons. The van der Waals surface area contributed by atoms with Gasteiger partial charge in [-0.1, -0.05) is 13.8 Å². The molecule has 0 spiro atoms. The summed E-state index contributed by atoms with van der Waals surface area (Å²) >= 11 is 0. The Morgan fingerprint density at radius 3 is 2.09 bits per heavy atom. The first kappa shape index (κ1) is 17.1. The van der Waals surface area contributed by atoms with Crippen molar-refractivity contribution in [3.63, 3.8) is 0 Å². The molecule has 0 N–H and O–H groups in total. The highest BCUT2D eigenvalue weighted by Crippen LogP contribution is 2.35. The van der Waals surface area contributed by atoms with E-state index < -0.39 is 10.0 Å². The van der Waals surface area contributed by atoms with Crippen LogP contribution in [0.4, 0.5) is 0 Å². The molecule has 0 aliphatic carbocycles. The number of ether oxygens (including phenoxy) is 2. The van der Waals surface area contributed by atoms with Crippen LogP contribution in [0.5, 0.6) is 11.5 Å². The van der Waals surface area contributed by atoms with Crippen molar-refractivity contribution in [2.75, 3.05) is 27.3 Å². The smallest absolute Gasteiger partial charge is 0.246 e. The van der Waals surface area contributed by atoms with E-state index in [1.807, 2.05) is 6.92 Å². The zero-order chi connectivity index (χ0) is 16.5.